The number of hydrogen-bond acceptors (Lipinski definition) is 15. The number of aliphatic hydroxyl groups excluding tert-OH is 1. The Kier molecular flexibility index (Phi) is 9.37. The summed E-state index contributed by atoms with van der Waals surface area (Å²) in [6.45, 7) is 1.86. The maximum absolute atomic E-state index is 14.1. The fourth-order valence-electron chi connectivity index (χ4n) is 4.44. The molecular formula is C24H35N8O10PS. The van der Waals surface area contributed by atoms with Crippen molar-refractivity contribution >= 4 is 53.1 Å². The predicted octanol–water partition coefficient (Wildman–Crippen LogP) is 0.579. The fraction of sp³-hybridized carbons (Fsp3) is 0.583. The molecule has 6 atom stereocenters. The number of methoxy groups -OCH3 is 1. The number of fused-ring (bicyclic) bond motifs is 1. The third-order valence-corrected chi connectivity index (χ3v) is 10.8. The largest absolute Gasteiger partial charge is 0.479 e. The Labute approximate surface area is 256 Å². The molecule has 242 valence electrons. The van der Waals surface area contributed by atoms with Gasteiger partial charge in [-0.05, 0) is 39.1 Å². The lowest BCUT2D eigenvalue weighted by molar-refractivity contribution is -0.149. The summed E-state index contributed by atoms with van der Waals surface area (Å²) in [5.74, 6) is -1.77. The van der Waals surface area contributed by atoms with Crippen molar-refractivity contribution in [3.63, 3.8) is 0 Å². The van der Waals surface area contributed by atoms with E-state index in [0.717, 1.165) is 11.2 Å². The molecule has 0 radical (unpaired) electrons. The van der Waals surface area contributed by atoms with Crippen molar-refractivity contribution in [3.8, 4) is 5.88 Å². The topological polar surface area (TPSA) is 234 Å². The number of amides is 3. The summed E-state index contributed by atoms with van der Waals surface area (Å²) >= 11 is 0.657. The molecule has 4 rings (SSSR count). The molecule has 20 heteroatoms. The van der Waals surface area contributed by atoms with E-state index in [1.54, 1.807) is 13.8 Å². The number of carbonyl (C=O) groups is 3. The number of nitrogens with two attached hydrogens (primary N) is 1. The maximum atomic E-state index is 14.1. The van der Waals surface area contributed by atoms with Gasteiger partial charge in [0.15, 0.2) is 22.5 Å². The van der Waals surface area contributed by atoms with Crippen LogP contribution in [0.2, 0.25) is 0 Å². The van der Waals surface area contributed by atoms with Crippen LogP contribution in [0.5, 0.6) is 5.88 Å². The number of nitrogens with one attached hydrogen (secondary N) is 1. The lowest BCUT2D eigenvalue weighted by Crippen LogP contribution is -2.41. The van der Waals surface area contributed by atoms with Crippen LogP contribution in [-0.4, -0.2) is 114 Å². The number of anilines is 1. The molecule has 2 aliphatic heterocycles. The monoisotopic (exact) mass is 658 g/mol. The number of nitrogen functional groups attached to an aromatic ring is 1. The van der Waals surface area contributed by atoms with E-state index >= 15 is 0 Å². The predicted molar refractivity (Wildman–Crippen MR) is 156 cm³/mol. The van der Waals surface area contributed by atoms with Crippen LogP contribution < -0.4 is 15.6 Å². The standard InChI is InChI=1S/C24H35N8O10PS/c1-11(2)41-20(35)12(3)29-43(38,44-9-13-19(34)31(6)23(36)30(13)5)40-8-14-16(33)24(4,37)21(42-14)32-10-26-15-17(32)27-22(25)28-18(15)39-7/h8,10-13,16,21,33,37H,9H2,1-7H3,(H,29,38)(H2,25,27,28)/b14-8+/t12-,13+,16-,21?,24-,43?/m1/s1. The number of rotatable bonds is 11. The van der Waals surface area contributed by atoms with E-state index in [1.807, 2.05) is 0 Å². The Bertz CT molecular complexity index is 1530. The molecule has 2 aromatic rings. The smallest absolute Gasteiger partial charge is 0.374 e. The molecule has 2 aromatic heterocycles. The highest BCUT2D eigenvalue weighted by atomic mass is 32.7. The summed E-state index contributed by atoms with van der Waals surface area (Å²) in [5.41, 5.74) is 4.16. The minimum absolute atomic E-state index is 0.0805. The molecule has 2 fully saturated rings. The second kappa shape index (κ2) is 12.4. The highest BCUT2D eigenvalue weighted by Gasteiger charge is 2.53. The molecule has 2 unspecified atom stereocenters. The molecule has 0 aliphatic carbocycles. The van der Waals surface area contributed by atoms with Crippen molar-refractivity contribution < 1.29 is 47.9 Å². The molecule has 0 spiro atoms. The van der Waals surface area contributed by atoms with Crippen molar-refractivity contribution in [2.75, 3.05) is 32.7 Å². The first-order chi connectivity index (χ1) is 20.5. The third-order valence-electron chi connectivity index (χ3n) is 6.86. The number of imidazole rings is 1. The quantitative estimate of drug-likeness (QED) is 0.112. The highest BCUT2D eigenvalue weighted by Crippen LogP contribution is 2.58. The number of hydrogen-bond donors (Lipinski definition) is 4. The lowest BCUT2D eigenvalue weighted by Gasteiger charge is -2.25. The second-order valence-corrected chi connectivity index (χ2v) is 14.8. The van der Waals surface area contributed by atoms with Gasteiger partial charge in [-0.15, -0.1) is 0 Å². The Morgan fingerprint density at radius 2 is 2.00 bits per heavy atom. The average Bonchev–Trinajstić information content (AvgIpc) is 3.52. The molecule has 44 heavy (non-hydrogen) atoms. The SMILES string of the molecule is COc1nc(N)nc2c1ncn2C1O/C(=C/OP(=O)(N[C@H](C)C(=O)OC(C)C)SC[C@H]2C(=O)N(C)C(=O)N2C)[C@@H](O)[C@@]1(C)O. The van der Waals surface area contributed by atoms with E-state index in [2.05, 4.69) is 20.0 Å². The Morgan fingerprint density at radius 1 is 1.32 bits per heavy atom. The molecule has 0 saturated carbocycles. The molecule has 18 nitrogen and oxygen atoms in total. The van der Waals surface area contributed by atoms with Gasteiger partial charge in [0.2, 0.25) is 18.1 Å². The van der Waals surface area contributed by atoms with E-state index in [4.69, 9.17) is 24.5 Å². The number of ether oxygens (including phenoxy) is 3. The lowest BCUT2D eigenvalue weighted by atomic mass is 9.99. The minimum atomic E-state index is -4.14. The first kappa shape index (κ1) is 33.3. The molecule has 4 heterocycles. The van der Waals surface area contributed by atoms with Crippen LogP contribution in [0.15, 0.2) is 18.3 Å². The Morgan fingerprint density at radius 3 is 2.59 bits per heavy atom. The first-order valence-corrected chi connectivity index (χ1v) is 16.5. The van der Waals surface area contributed by atoms with Crippen molar-refractivity contribution in [1.82, 2.24) is 34.4 Å². The van der Waals surface area contributed by atoms with Crippen LogP contribution in [0.1, 0.15) is 33.9 Å². The number of aliphatic hydroxyl groups is 2. The van der Waals surface area contributed by atoms with Gasteiger partial charge in [-0.3, -0.25) is 19.1 Å². The summed E-state index contributed by atoms with van der Waals surface area (Å²) in [6, 6.07) is -2.62. The van der Waals surface area contributed by atoms with Crippen LogP contribution in [0.4, 0.5) is 10.7 Å². The molecular weight excluding hydrogens is 623 g/mol. The van der Waals surface area contributed by atoms with Gasteiger partial charge in [-0.2, -0.15) is 9.97 Å². The van der Waals surface area contributed by atoms with Gasteiger partial charge in [-0.25, -0.2) is 19.4 Å². The van der Waals surface area contributed by atoms with Crippen LogP contribution in [0.25, 0.3) is 11.2 Å². The van der Waals surface area contributed by atoms with Crippen LogP contribution in [0, 0.1) is 0 Å². The number of likely N-dealkylation sites (N-methyl/N-ethyl adjacent to an activating group) is 2. The van der Waals surface area contributed by atoms with Crippen LogP contribution in [0.3, 0.4) is 0 Å². The summed E-state index contributed by atoms with van der Waals surface area (Å²) in [7, 11) is 4.13. The van der Waals surface area contributed by atoms with Gasteiger partial charge in [0.25, 0.3) is 5.91 Å². The van der Waals surface area contributed by atoms with Gasteiger partial charge < -0.3 is 39.6 Å². The maximum Gasteiger partial charge on any atom is 0.374 e. The van der Waals surface area contributed by atoms with Gasteiger partial charge in [0.05, 0.1) is 13.2 Å². The zero-order valence-electron chi connectivity index (χ0n) is 25.0. The molecule has 0 aromatic carbocycles. The van der Waals surface area contributed by atoms with Crippen LogP contribution >= 0.6 is 18.1 Å². The van der Waals surface area contributed by atoms with Gasteiger partial charge in [-0.1, -0.05) is 0 Å². The fourth-order valence-corrected chi connectivity index (χ4v) is 8.18. The van der Waals surface area contributed by atoms with E-state index in [1.165, 1.54) is 50.8 Å². The number of carbonyl (C=O) groups excluding carboxylic acids is 3. The van der Waals surface area contributed by atoms with Gasteiger partial charge >= 0.3 is 18.7 Å². The van der Waals surface area contributed by atoms with Crippen molar-refractivity contribution in [2.45, 2.75) is 63.8 Å². The molecule has 5 N–H and O–H groups in total. The number of aromatic nitrogens is 4. The Hall–Kier alpha value is -3.64. The zero-order valence-corrected chi connectivity index (χ0v) is 26.7. The summed E-state index contributed by atoms with van der Waals surface area (Å²) in [6.07, 6.45) is -1.33. The van der Waals surface area contributed by atoms with Crippen molar-refractivity contribution in [1.29, 1.82) is 0 Å². The number of nitrogens with zero attached hydrogens (tertiary/aromatic N) is 6. The van der Waals surface area contributed by atoms with E-state index in [9.17, 15) is 29.2 Å². The average molecular weight is 659 g/mol. The molecule has 0 bridgehead atoms. The van der Waals surface area contributed by atoms with E-state index in [0.29, 0.717) is 11.4 Å². The second-order valence-electron chi connectivity index (χ2n) is 10.6. The van der Waals surface area contributed by atoms with Crippen LogP contribution in [-0.2, 0) is 28.2 Å². The van der Waals surface area contributed by atoms with Gasteiger partial charge in [0.1, 0.15) is 30.8 Å². The summed E-state index contributed by atoms with van der Waals surface area (Å²) in [5, 5.41) is 24.8. The first-order valence-electron chi connectivity index (χ1n) is 13.3. The molecule has 3 amide bonds. The van der Waals surface area contributed by atoms with Crippen molar-refractivity contribution in [2.24, 2.45) is 0 Å². The Balaban J connectivity index is 1.61. The summed E-state index contributed by atoms with van der Waals surface area (Å²) < 4.78 is 37.2. The zero-order chi connectivity index (χ0) is 32.7. The number of urea groups is 1. The summed E-state index contributed by atoms with van der Waals surface area (Å²) in [4.78, 5) is 51.7. The minimum Gasteiger partial charge on any atom is -0.479 e. The third kappa shape index (κ3) is 6.28. The van der Waals surface area contributed by atoms with E-state index < -0.39 is 60.7 Å². The highest BCUT2D eigenvalue weighted by molar-refractivity contribution is 8.56. The van der Waals surface area contributed by atoms with Gasteiger partial charge in [0, 0.05) is 19.8 Å². The van der Waals surface area contributed by atoms with E-state index in [-0.39, 0.29) is 34.5 Å². The number of esters is 1. The molecule has 2 aliphatic rings. The normalized spacial score (nSPS) is 26.8. The van der Waals surface area contributed by atoms with Crippen molar-refractivity contribution in [3.05, 3.63) is 18.3 Å². The molecule has 2 saturated heterocycles. The number of imide groups is 1.